The fourth-order valence-electron chi connectivity index (χ4n) is 6.63. The molecule has 3 amide bonds. The molecule has 12 nitrogen and oxygen atoms in total. The zero-order valence-corrected chi connectivity index (χ0v) is 32.7. The van der Waals surface area contributed by atoms with E-state index in [2.05, 4.69) is 20.5 Å². The molecule has 1 aromatic heterocycles. The molecule has 54 heavy (non-hydrogen) atoms. The fourth-order valence-corrected chi connectivity index (χ4v) is 7.47. The SMILES string of the molecule is CC(=O)O[C@H](C[C@H](C(C)C)N(C)C(=O)CCCCNC(=O)[C@H]1CCCCN1C)c1nc(C(=O)N[C@@H](Cc2ccc(C(F)(F)F)cc2)C[C@H](C)C(=O)O)cs1. The van der Waals surface area contributed by atoms with Crippen LogP contribution >= 0.6 is 11.3 Å². The highest BCUT2D eigenvalue weighted by molar-refractivity contribution is 7.09. The van der Waals surface area contributed by atoms with Gasteiger partial charge in [0.25, 0.3) is 5.91 Å². The maximum atomic E-state index is 13.4. The van der Waals surface area contributed by atoms with E-state index < -0.39 is 47.6 Å². The Bertz CT molecular complexity index is 1570. The quantitative estimate of drug-likeness (QED) is 0.117. The van der Waals surface area contributed by atoms with Gasteiger partial charge in [-0.2, -0.15) is 13.2 Å². The number of hydrogen-bond acceptors (Lipinski definition) is 9. The third-order valence-corrected chi connectivity index (χ3v) is 10.7. The third kappa shape index (κ3) is 13.7. The number of benzene rings is 1. The van der Waals surface area contributed by atoms with E-state index in [9.17, 15) is 42.3 Å². The lowest BCUT2D eigenvalue weighted by atomic mass is 9.95. The molecule has 0 radical (unpaired) electrons. The van der Waals surface area contributed by atoms with Crippen LogP contribution in [0.1, 0.15) is 112 Å². The topological polar surface area (TPSA) is 158 Å². The van der Waals surface area contributed by atoms with E-state index in [4.69, 9.17) is 4.74 Å². The van der Waals surface area contributed by atoms with Gasteiger partial charge in [-0.3, -0.25) is 28.9 Å². The van der Waals surface area contributed by atoms with Crippen molar-refractivity contribution in [2.45, 2.75) is 116 Å². The van der Waals surface area contributed by atoms with Crippen LogP contribution in [0, 0.1) is 11.8 Å². The number of nitrogens with zero attached hydrogens (tertiary/aromatic N) is 3. The largest absolute Gasteiger partial charge is 0.481 e. The van der Waals surface area contributed by atoms with E-state index in [1.165, 1.54) is 31.4 Å². The summed E-state index contributed by atoms with van der Waals surface area (Å²) in [7, 11) is 3.66. The number of ether oxygens (including phenoxy) is 1. The molecule has 300 valence electrons. The highest BCUT2D eigenvalue weighted by Crippen LogP contribution is 2.32. The summed E-state index contributed by atoms with van der Waals surface area (Å²) < 4.78 is 44.9. The van der Waals surface area contributed by atoms with Crippen molar-refractivity contribution in [1.29, 1.82) is 0 Å². The summed E-state index contributed by atoms with van der Waals surface area (Å²) in [4.78, 5) is 71.3. The Morgan fingerprint density at radius 3 is 2.35 bits per heavy atom. The number of aliphatic carboxylic acids is 1. The molecular weight excluding hydrogens is 728 g/mol. The molecule has 1 aromatic carbocycles. The van der Waals surface area contributed by atoms with Crippen molar-refractivity contribution in [1.82, 2.24) is 25.4 Å². The van der Waals surface area contributed by atoms with Gasteiger partial charge in [0.05, 0.1) is 17.5 Å². The number of nitrogens with one attached hydrogen (secondary N) is 2. The lowest BCUT2D eigenvalue weighted by Crippen LogP contribution is -2.47. The Labute approximate surface area is 319 Å². The van der Waals surface area contributed by atoms with Crippen molar-refractivity contribution in [3.05, 3.63) is 51.5 Å². The van der Waals surface area contributed by atoms with Crippen molar-refractivity contribution < 1.29 is 47.0 Å². The lowest BCUT2D eigenvalue weighted by molar-refractivity contribution is -0.148. The van der Waals surface area contributed by atoms with Crippen LogP contribution < -0.4 is 10.6 Å². The maximum Gasteiger partial charge on any atom is 0.416 e. The van der Waals surface area contributed by atoms with Crippen molar-refractivity contribution in [3.63, 3.8) is 0 Å². The highest BCUT2D eigenvalue weighted by atomic mass is 32.1. The molecule has 0 bridgehead atoms. The molecule has 0 spiro atoms. The minimum Gasteiger partial charge on any atom is -0.481 e. The summed E-state index contributed by atoms with van der Waals surface area (Å²) in [6.07, 6.45) is -0.613. The van der Waals surface area contributed by atoms with Crippen LogP contribution in [0.3, 0.4) is 0 Å². The average Bonchev–Trinajstić information content (AvgIpc) is 3.60. The number of unbranched alkanes of at least 4 members (excludes halogenated alkanes) is 1. The number of thiazole rings is 1. The Morgan fingerprint density at radius 2 is 1.76 bits per heavy atom. The Balaban J connectivity index is 1.65. The van der Waals surface area contributed by atoms with Crippen LogP contribution in [-0.4, -0.2) is 94.9 Å². The molecule has 5 atom stereocenters. The van der Waals surface area contributed by atoms with Gasteiger partial charge in [-0.1, -0.05) is 39.3 Å². The van der Waals surface area contributed by atoms with Gasteiger partial charge in [-0.05, 0) is 75.7 Å². The molecule has 1 saturated heterocycles. The van der Waals surface area contributed by atoms with Crippen molar-refractivity contribution in [2.75, 3.05) is 27.2 Å². The number of hydrogen-bond donors (Lipinski definition) is 3. The van der Waals surface area contributed by atoms with E-state index in [1.807, 2.05) is 20.9 Å². The van der Waals surface area contributed by atoms with Crippen LogP contribution in [0.15, 0.2) is 29.6 Å². The van der Waals surface area contributed by atoms with Gasteiger partial charge in [0.15, 0.2) is 6.10 Å². The summed E-state index contributed by atoms with van der Waals surface area (Å²) in [6.45, 7) is 8.02. The van der Waals surface area contributed by atoms with Crippen molar-refractivity contribution in [2.24, 2.45) is 11.8 Å². The Hall–Kier alpha value is -4.05. The zero-order valence-electron chi connectivity index (χ0n) is 31.9. The summed E-state index contributed by atoms with van der Waals surface area (Å²) in [6, 6.07) is 3.25. The number of alkyl halides is 3. The monoisotopic (exact) mass is 781 g/mol. The van der Waals surface area contributed by atoms with Crippen LogP contribution in [0.5, 0.6) is 0 Å². The van der Waals surface area contributed by atoms with Crippen LogP contribution in [0.2, 0.25) is 0 Å². The second-order valence-corrected chi connectivity index (χ2v) is 15.4. The normalized spacial score (nSPS) is 17.3. The molecule has 0 saturated carbocycles. The Kier molecular flexibility index (Phi) is 16.9. The third-order valence-electron chi connectivity index (χ3n) is 9.80. The van der Waals surface area contributed by atoms with Gasteiger partial charge in [-0.25, -0.2) is 4.98 Å². The molecule has 1 aliphatic heterocycles. The number of likely N-dealkylation sites (tertiary alicyclic amines) is 1. The first kappa shape index (κ1) is 44.3. The number of carbonyl (C=O) groups is 5. The smallest absolute Gasteiger partial charge is 0.416 e. The summed E-state index contributed by atoms with van der Waals surface area (Å²) >= 11 is 1.10. The summed E-state index contributed by atoms with van der Waals surface area (Å²) in [5.41, 5.74) is -0.341. The average molecular weight is 782 g/mol. The van der Waals surface area contributed by atoms with Gasteiger partial charge in [-0.15, -0.1) is 11.3 Å². The number of halogens is 3. The minimum absolute atomic E-state index is 0.000278. The van der Waals surface area contributed by atoms with Gasteiger partial charge >= 0.3 is 18.1 Å². The summed E-state index contributed by atoms with van der Waals surface area (Å²) in [5, 5.41) is 17.1. The maximum absolute atomic E-state index is 13.4. The highest BCUT2D eigenvalue weighted by Gasteiger charge is 2.32. The molecule has 3 N–H and O–H groups in total. The molecule has 16 heteroatoms. The second-order valence-electron chi connectivity index (χ2n) is 14.5. The van der Waals surface area contributed by atoms with E-state index in [0.29, 0.717) is 30.0 Å². The number of amides is 3. The number of carbonyl (C=O) groups excluding carboxylic acids is 4. The Morgan fingerprint density at radius 1 is 1.07 bits per heavy atom. The van der Waals surface area contributed by atoms with Crippen LogP contribution in [0.4, 0.5) is 13.2 Å². The number of aromatic nitrogens is 1. The molecule has 1 aliphatic rings. The van der Waals surface area contributed by atoms with E-state index in [-0.39, 0.29) is 61.2 Å². The first-order chi connectivity index (χ1) is 25.4. The van der Waals surface area contributed by atoms with Crippen molar-refractivity contribution in [3.8, 4) is 0 Å². The van der Waals surface area contributed by atoms with Gasteiger partial charge in [0, 0.05) is 50.8 Å². The van der Waals surface area contributed by atoms with Gasteiger partial charge in [0.2, 0.25) is 11.8 Å². The number of likely N-dealkylation sites (N-methyl/N-ethyl adjacent to an activating group) is 1. The predicted octanol–water partition coefficient (Wildman–Crippen LogP) is 5.86. The predicted molar refractivity (Wildman–Crippen MR) is 198 cm³/mol. The number of piperidine rings is 1. The van der Waals surface area contributed by atoms with Crippen molar-refractivity contribution >= 4 is 41.0 Å². The van der Waals surface area contributed by atoms with E-state index >= 15 is 0 Å². The first-order valence-electron chi connectivity index (χ1n) is 18.4. The molecule has 1 fully saturated rings. The van der Waals surface area contributed by atoms with Crippen LogP contribution in [-0.2, 0) is 36.5 Å². The lowest BCUT2D eigenvalue weighted by Gasteiger charge is -2.33. The first-order valence-corrected chi connectivity index (χ1v) is 19.3. The number of carboxylic acids is 1. The summed E-state index contributed by atoms with van der Waals surface area (Å²) in [5.74, 6) is -3.24. The van der Waals surface area contributed by atoms with E-state index in [1.54, 1.807) is 11.9 Å². The molecule has 3 rings (SSSR count). The van der Waals surface area contributed by atoms with E-state index in [0.717, 1.165) is 49.3 Å². The minimum atomic E-state index is -4.51. The molecule has 2 aromatic rings. The van der Waals surface area contributed by atoms with Gasteiger partial charge < -0.3 is 25.4 Å². The number of carboxylic acid groups (broad SMARTS) is 1. The number of rotatable bonds is 19. The fraction of sp³-hybridized carbons (Fsp3) is 0.632. The van der Waals surface area contributed by atoms with Crippen LogP contribution in [0.25, 0.3) is 0 Å². The molecule has 0 aliphatic carbocycles. The molecular formula is C38H54F3N5O7S. The standard InChI is InChI=1S/C38H54F3N5O7S/c1-23(2)31(46(6)33(48)12-7-9-17-42-35(50)30-11-8-10-18-45(30)5)21-32(53-25(4)47)36-44-29(22-54-36)34(49)43-28(19-24(3)37(51)52)20-26-13-15-27(16-14-26)38(39,40)41/h13-16,22-24,28,30-32H,7-12,17-21H2,1-6H3,(H,42,50)(H,43,49)(H,51,52)/t24-,28+,30+,31+,32+/m0/s1. The molecule has 0 unspecified atom stereocenters. The number of esters is 1. The zero-order chi connectivity index (χ0) is 40.2. The second kappa shape index (κ2) is 20.6. The van der Waals surface area contributed by atoms with Gasteiger partial charge in [0.1, 0.15) is 10.7 Å². The molecule has 2 heterocycles.